The van der Waals surface area contributed by atoms with E-state index in [1.54, 1.807) is 0 Å². The Hall–Kier alpha value is -3.04. The number of carboxylic acids is 1. The maximum atomic E-state index is 13.6. The number of hydrogen-bond acceptors (Lipinski definition) is 5. The summed E-state index contributed by atoms with van der Waals surface area (Å²) >= 11 is 0. The van der Waals surface area contributed by atoms with E-state index >= 15 is 0 Å². The van der Waals surface area contributed by atoms with Crippen molar-refractivity contribution in [3.8, 4) is 0 Å². The fourth-order valence-corrected chi connectivity index (χ4v) is 1.51. The van der Waals surface area contributed by atoms with Crippen molar-refractivity contribution in [1.29, 1.82) is 0 Å². The number of carbonyl (C=O) groups is 3. The third-order valence-corrected chi connectivity index (χ3v) is 2.35. The summed E-state index contributed by atoms with van der Waals surface area (Å²) in [6, 6.07) is 2.21. The number of non-ortho nitro benzene ring substituents is 1. The van der Waals surface area contributed by atoms with Crippen molar-refractivity contribution in [2.45, 2.75) is 0 Å². The third kappa shape index (κ3) is 4.23. The van der Waals surface area contributed by atoms with E-state index in [2.05, 4.69) is 0 Å². The van der Waals surface area contributed by atoms with Crippen LogP contribution in [0.25, 0.3) is 0 Å². The number of primary amides is 1. The van der Waals surface area contributed by atoms with Gasteiger partial charge in [-0.2, -0.15) is 0 Å². The van der Waals surface area contributed by atoms with Crippen LogP contribution in [0.4, 0.5) is 10.1 Å². The lowest BCUT2D eigenvalue weighted by Crippen LogP contribution is -2.41. The minimum absolute atomic E-state index is 0.479. The van der Waals surface area contributed by atoms with Gasteiger partial charge in [0.25, 0.3) is 11.6 Å². The Balaban J connectivity index is 3.18. The number of carboxylic acid groups (broad SMARTS) is 1. The summed E-state index contributed by atoms with van der Waals surface area (Å²) < 4.78 is 13.6. The zero-order chi connectivity index (χ0) is 16.2. The van der Waals surface area contributed by atoms with Crippen LogP contribution in [0.15, 0.2) is 18.2 Å². The molecule has 0 bridgehead atoms. The summed E-state index contributed by atoms with van der Waals surface area (Å²) in [4.78, 5) is 43.7. The number of carbonyl (C=O) groups excluding carboxylic acids is 2. The maximum Gasteiger partial charge on any atom is 0.323 e. The SMILES string of the molecule is NC(=O)CN(CC(=O)O)C(=O)c1cc([N+](=O)[O-])ccc1F. The molecule has 0 aromatic heterocycles. The molecule has 0 atom stereocenters. The van der Waals surface area contributed by atoms with Gasteiger partial charge in [0, 0.05) is 12.1 Å². The van der Waals surface area contributed by atoms with Gasteiger partial charge in [0.1, 0.15) is 18.9 Å². The molecule has 112 valence electrons. The molecule has 0 aliphatic rings. The fourth-order valence-electron chi connectivity index (χ4n) is 1.51. The number of hydrogen-bond donors (Lipinski definition) is 2. The minimum Gasteiger partial charge on any atom is -0.480 e. The van der Waals surface area contributed by atoms with Crippen molar-refractivity contribution in [2.75, 3.05) is 13.1 Å². The molecular weight excluding hydrogens is 289 g/mol. The fraction of sp³-hybridized carbons (Fsp3) is 0.182. The number of nitrogens with zero attached hydrogens (tertiary/aromatic N) is 2. The van der Waals surface area contributed by atoms with Gasteiger partial charge in [0.15, 0.2) is 0 Å². The van der Waals surface area contributed by atoms with Gasteiger partial charge in [-0.3, -0.25) is 24.5 Å². The van der Waals surface area contributed by atoms with Crippen molar-refractivity contribution >= 4 is 23.5 Å². The highest BCUT2D eigenvalue weighted by Gasteiger charge is 2.24. The molecular formula is C11H10FN3O6. The van der Waals surface area contributed by atoms with Gasteiger partial charge in [-0.15, -0.1) is 0 Å². The van der Waals surface area contributed by atoms with Crippen LogP contribution in [0.3, 0.4) is 0 Å². The highest BCUT2D eigenvalue weighted by Crippen LogP contribution is 2.18. The Bertz CT molecular complexity index is 602. The van der Waals surface area contributed by atoms with Crippen LogP contribution in [-0.4, -0.2) is 45.8 Å². The topological polar surface area (TPSA) is 144 Å². The van der Waals surface area contributed by atoms with Gasteiger partial charge in [-0.05, 0) is 6.07 Å². The molecule has 0 aliphatic heterocycles. The second-order valence-corrected chi connectivity index (χ2v) is 3.94. The predicted octanol–water partition coefficient (Wildman–Crippen LogP) is -0.254. The minimum atomic E-state index is -1.45. The molecule has 1 rings (SSSR count). The number of amides is 2. The third-order valence-electron chi connectivity index (χ3n) is 2.35. The summed E-state index contributed by atoms with van der Waals surface area (Å²) in [7, 11) is 0. The van der Waals surface area contributed by atoms with Crippen molar-refractivity contribution in [2.24, 2.45) is 5.73 Å². The highest BCUT2D eigenvalue weighted by molar-refractivity contribution is 5.98. The molecule has 9 nitrogen and oxygen atoms in total. The molecule has 3 N–H and O–H groups in total. The number of nitrogens with two attached hydrogens (primary N) is 1. The van der Waals surface area contributed by atoms with E-state index < -0.39 is 52.9 Å². The first-order valence-corrected chi connectivity index (χ1v) is 5.45. The zero-order valence-electron chi connectivity index (χ0n) is 10.5. The second-order valence-electron chi connectivity index (χ2n) is 3.94. The van der Waals surface area contributed by atoms with Gasteiger partial charge in [-0.1, -0.05) is 0 Å². The van der Waals surface area contributed by atoms with Crippen molar-refractivity contribution < 1.29 is 28.8 Å². The number of halogens is 1. The number of aliphatic carboxylic acids is 1. The van der Waals surface area contributed by atoms with E-state index in [1.807, 2.05) is 0 Å². The average molecular weight is 299 g/mol. The lowest BCUT2D eigenvalue weighted by molar-refractivity contribution is -0.384. The first kappa shape index (κ1) is 16.0. The number of nitro groups is 1. The van der Waals surface area contributed by atoms with E-state index in [1.165, 1.54) is 0 Å². The van der Waals surface area contributed by atoms with E-state index in [0.29, 0.717) is 17.0 Å². The molecule has 0 radical (unpaired) electrons. The lowest BCUT2D eigenvalue weighted by atomic mass is 10.1. The quantitative estimate of drug-likeness (QED) is 0.547. The normalized spacial score (nSPS) is 9.95. The molecule has 10 heteroatoms. The van der Waals surface area contributed by atoms with Gasteiger partial charge in [0.05, 0.1) is 10.5 Å². The molecule has 1 aromatic rings. The molecule has 0 unspecified atom stereocenters. The summed E-state index contributed by atoms with van der Waals surface area (Å²) in [6.07, 6.45) is 0. The molecule has 0 saturated heterocycles. The van der Waals surface area contributed by atoms with E-state index in [0.717, 1.165) is 6.07 Å². The molecule has 1 aromatic carbocycles. The Labute approximate surface area is 116 Å². The molecule has 0 fully saturated rings. The predicted molar refractivity (Wildman–Crippen MR) is 65.8 cm³/mol. The van der Waals surface area contributed by atoms with Crippen LogP contribution >= 0.6 is 0 Å². The van der Waals surface area contributed by atoms with Crippen LogP contribution in [-0.2, 0) is 9.59 Å². The summed E-state index contributed by atoms with van der Waals surface area (Å²) in [5, 5.41) is 19.3. The van der Waals surface area contributed by atoms with E-state index in [9.17, 15) is 28.9 Å². The van der Waals surface area contributed by atoms with Gasteiger partial charge in [0.2, 0.25) is 5.91 Å². The van der Waals surface area contributed by atoms with Crippen LogP contribution in [0.5, 0.6) is 0 Å². The van der Waals surface area contributed by atoms with E-state index in [-0.39, 0.29) is 0 Å². The van der Waals surface area contributed by atoms with Gasteiger partial charge in [-0.25, -0.2) is 4.39 Å². The second kappa shape index (κ2) is 6.41. The van der Waals surface area contributed by atoms with Crippen molar-refractivity contribution in [3.05, 3.63) is 39.7 Å². The monoisotopic (exact) mass is 299 g/mol. The first-order valence-electron chi connectivity index (χ1n) is 5.45. The zero-order valence-corrected chi connectivity index (χ0v) is 10.5. The summed E-state index contributed by atoms with van der Waals surface area (Å²) in [5.74, 6) is -4.71. The lowest BCUT2D eigenvalue weighted by Gasteiger charge is -2.19. The smallest absolute Gasteiger partial charge is 0.323 e. The molecule has 0 spiro atoms. The number of benzene rings is 1. The standard InChI is InChI=1S/C11H10FN3O6/c12-8-2-1-6(15(20)21)3-7(8)11(19)14(4-9(13)16)5-10(17)18/h1-3H,4-5H2,(H2,13,16)(H,17,18). The summed E-state index contributed by atoms with van der Waals surface area (Å²) in [5.41, 5.74) is 3.61. The summed E-state index contributed by atoms with van der Waals surface area (Å²) in [6.45, 7) is -1.66. The maximum absolute atomic E-state index is 13.6. The van der Waals surface area contributed by atoms with Crippen molar-refractivity contribution in [3.63, 3.8) is 0 Å². The Morgan fingerprint density at radius 1 is 1.33 bits per heavy atom. The average Bonchev–Trinajstić information content (AvgIpc) is 2.36. The molecule has 0 saturated carbocycles. The highest BCUT2D eigenvalue weighted by atomic mass is 19.1. The molecule has 21 heavy (non-hydrogen) atoms. The van der Waals surface area contributed by atoms with Gasteiger partial charge >= 0.3 is 5.97 Å². The van der Waals surface area contributed by atoms with Gasteiger partial charge < -0.3 is 15.7 Å². The van der Waals surface area contributed by atoms with Crippen LogP contribution in [0.1, 0.15) is 10.4 Å². The van der Waals surface area contributed by atoms with Crippen LogP contribution in [0.2, 0.25) is 0 Å². The molecule has 2 amide bonds. The van der Waals surface area contributed by atoms with Crippen LogP contribution in [0, 0.1) is 15.9 Å². The molecule has 0 aliphatic carbocycles. The Kier molecular flexibility index (Phi) is 4.89. The largest absolute Gasteiger partial charge is 0.480 e. The van der Waals surface area contributed by atoms with Crippen LogP contribution < -0.4 is 5.73 Å². The van der Waals surface area contributed by atoms with E-state index in [4.69, 9.17) is 10.8 Å². The number of rotatable bonds is 6. The first-order chi connectivity index (χ1) is 9.72. The molecule has 0 heterocycles. The number of nitro benzene ring substituents is 1. The Morgan fingerprint density at radius 2 is 1.95 bits per heavy atom. The Morgan fingerprint density at radius 3 is 2.43 bits per heavy atom. The van der Waals surface area contributed by atoms with Crippen molar-refractivity contribution in [1.82, 2.24) is 4.90 Å².